The van der Waals surface area contributed by atoms with Crippen molar-refractivity contribution in [2.24, 2.45) is 0 Å². The molecule has 5 aromatic rings. The van der Waals surface area contributed by atoms with E-state index < -0.39 is 23.7 Å². The number of carbonyl (C=O) groups is 3. The number of rotatable bonds is 12. The van der Waals surface area contributed by atoms with E-state index in [2.05, 4.69) is 41.2 Å². The molecule has 0 aliphatic rings. The molecule has 2 amide bonds. The minimum Gasteiger partial charge on any atom is -0.480 e. The van der Waals surface area contributed by atoms with Gasteiger partial charge < -0.3 is 27.2 Å². The number of halogens is 1. The van der Waals surface area contributed by atoms with Gasteiger partial charge in [-0.05, 0) is 79.3 Å². The van der Waals surface area contributed by atoms with E-state index in [1.165, 1.54) is 0 Å². The van der Waals surface area contributed by atoms with Crippen LogP contribution in [0.4, 0.5) is 16.2 Å². The summed E-state index contributed by atoms with van der Waals surface area (Å²) in [6.07, 6.45) is 1.21. The van der Waals surface area contributed by atoms with E-state index in [1.807, 2.05) is 6.92 Å². The van der Waals surface area contributed by atoms with Crippen LogP contribution in [0.5, 0.6) is 0 Å². The van der Waals surface area contributed by atoms with Gasteiger partial charge in [0.05, 0.1) is 16.5 Å². The van der Waals surface area contributed by atoms with Crippen LogP contribution in [0, 0.1) is 12.7 Å². The highest BCUT2D eigenvalue weighted by atomic mass is 19.1. The van der Waals surface area contributed by atoms with Gasteiger partial charge in [0.2, 0.25) is 11.8 Å². The van der Waals surface area contributed by atoms with Crippen molar-refractivity contribution in [3.63, 3.8) is 0 Å². The molecule has 0 spiro atoms. The van der Waals surface area contributed by atoms with E-state index in [1.54, 1.807) is 54.6 Å². The molecule has 2 aromatic heterocycles. The zero-order chi connectivity index (χ0) is 32.8. The Bertz CT molecular complexity index is 1900. The summed E-state index contributed by atoms with van der Waals surface area (Å²) >= 11 is 0. The number of hydrogen-bond donors (Lipinski definition) is 6. The summed E-state index contributed by atoms with van der Waals surface area (Å²) in [5.41, 5.74) is 15.1. The Morgan fingerprint density at radius 3 is 2.50 bits per heavy atom. The van der Waals surface area contributed by atoms with Crippen LogP contribution < -0.4 is 22.1 Å². The predicted molar refractivity (Wildman–Crippen MR) is 167 cm³/mol. The second kappa shape index (κ2) is 13.8. The standard InChI is InChI=1S/C31H31FN10O4/c1-16-4-12-20(21(15-16)27-39-41-42-40-27)29(44)35-14-2-3-23(30(45)46)36-28(43)19-9-6-17(7-10-19)5-8-18-11-13-22-24(25(18)32)26(33)38-31(34)37-22/h4,6-7,9-13,15,23H,2-3,5,8,14H2,1H3,(H,35,44)(H,36,43)(H,45,46)(H4,33,34,37,38)(H,39,40,41,42)/t23-/m0/s1. The first kappa shape index (κ1) is 31.4. The van der Waals surface area contributed by atoms with Gasteiger partial charge in [-0.3, -0.25) is 9.59 Å². The van der Waals surface area contributed by atoms with E-state index in [0.29, 0.717) is 41.5 Å². The number of aromatic nitrogens is 6. The number of nitrogens with zero attached hydrogens (tertiary/aromatic N) is 5. The first-order valence-corrected chi connectivity index (χ1v) is 14.4. The summed E-state index contributed by atoms with van der Waals surface area (Å²) in [6.45, 7) is 2.05. The zero-order valence-corrected chi connectivity index (χ0v) is 24.7. The van der Waals surface area contributed by atoms with Gasteiger partial charge in [-0.2, -0.15) is 10.2 Å². The molecule has 0 unspecified atom stereocenters. The molecule has 0 aliphatic carbocycles. The molecule has 3 aromatic carbocycles. The molecule has 46 heavy (non-hydrogen) atoms. The van der Waals surface area contributed by atoms with Crippen LogP contribution in [0.15, 0.2) is 54.6 Å². The molecule has 0 bridgehead atoms. The highest BCUT2D eigenvalue weighted by molar-refractivity contribution is 6.00. The first-order valence-electron chi connectivity index (χ1n) is 14.4. The van der Waals surface area contributed by atoms with E-state index in [9.17, 15) is 19.5 Å². The lowest BCUT2D eigenvalue weighted by Gasteiger charge is -2.15. The Morgan fingerprint density at radius 2 is 1.78 bits per heavy atom. The number of tetrazole rings is 1. The Labute approximate surface area is 261 Å². The predicted octanol–water partition coefficient (Wildman–Crippen LogP) is 2.60. The summed E-state index contributed by atoms with van der Waals surface area (Å²) < 4.78 is 15.1. The quantitative estimate of drug-likeness (QED) is 0.110. The van der Waals surface area contributed by atoms with Crippen molar-refractivity contribution < 1.29 is 23.9 Å². The van der Waals surface area contributed by atoms with Crippen LogP contribution in [-0.2, 0) is 17.6 Å². The molecule has 14 nitrogen and oxygen atoms in total. The molecule has 8 N–H and O–H groups in total. The molecule has 15 heteroatoms. The fourth-order valence-corrected chi connectivity index (χ4v) is 4.99. The van der Waals surface area contributed by atoms with Crippen LogP contribution in [0.3, 0.4) is 0 Å². The number of anilines is 2. The maximum absolute atomic E-state index is 15.1. The summed E-state index contributed by atoms with van der Waals surface area (Å²) in [6, 6.07) is 13.9. The van der Waals surface area contributed by atoms with Gasteiger partial charge in [-0.25, -0.2) is 14.2 Å². The number of fused-ring (bicyclic) bond motifs is 1. The molecule has 0 aliphatic heterocycles. The number of aryl methyl sites for hydroxylation is 3. The molecule has 0 radical (unpaired) electrons. The van der Waals surface area contributed by atoms with E-state index >= 15 is 4.39 Å². The smallest absolute Gasteiger partial charge is 0.326 e. The third-order valence-corrected chi connectivity index (χ3v) is 7.39. The van der Waals surface area contributed by atoms with Crippen molar-refractivity contribution >= 4 is 40.5 Å². The number of carboxylic acid groups (broad SMARTS) is 1. The number of amides is 2. The maximum Gasteiger partial charge on any atom is 0.326 e. The van der Waals surface area contributed by atoms with E-state index in [0.717, 1.165) is 11.1 Å². The van der Waals surface area contributed by atoms with Gasteiger partial charge in [0.1, 0.15) is 17.7 Å². The minimum absolute atomic E-state index is 0.0283. The number of nitrogen functional groups attached to an aromatic ring is 2. The SMILES string of the molecule is Cc1ccc(C(=O)NCCC[C@H](NC(=O)c2ccc(CCc3ccc4nc(N)nc(N)c4c3F)cc2)C(=O)O)c(-c2nn[nH]n2)c1. The average molecular weight is 627 g/mol. The number of nitrogens with two attached hydrogens (primary N) is 2. The molecule has 0 fully saturated rings. The van der Waals surface area contributed by atoms with Crippen LogP contribution in [-0.4, -0.2) is 66.1 Å². The normalized spacial score (nSPS) is 11.7. The monoisotopic (exact) mass is 626 g/mol. The Hall–Kier alpha value is -5.99. The zero-order valence-electron chi connectivity index (χ0n) is 24.7. The Kier molecular flexibility index (Phi) is 9.40. The first-order chi connectivity index (χ1) is 22.1. The van der Waals surface area contributed by atoms with Crippen molar-refractivity contribution in [2.75, 3.05) is 18.0 Å². The second-order valence-corrected chi connectivity index (χ2v) is 10.6. The highest BCUT2D eigenvalue weighted by Crippen LogP contribution is 2.26. The number of benzene rings is 3. The summed E-state index contributed by atoms with van der Waals surface area (Å²) in [5, 5.41) is 28.9. The number of H-pyrrole nitrogens is 1. The van der Waals surface area contributed by atoms with E-state index in [-0.39, 0.29) is 47.4 Å². The summed E-state index contributed by atoms with van der Waals surface area (Å²) in [5.74, 6) is -2.41. The molecule has 1 atom stereocenters. The lowest BCUT2D eigenvalue weighted by Crippen LogP contribution is -2.41. The van der Waals surface area contributed by atoms with Crippen LogP contribution >= 0.6 is 0 Å². The minimum atomic E-state index is -1.19. The fraction of sp³-hybridized carbons (Fsp3) is 0.226. The number of hydrogen-bond acceptors (Lipinski definition) is 10. The molecule has 2 heterocycles. The molecular weight excluding hydrogens is 595 g/mol. The van der Waals surface area contributed by atoms with Crippen LogP contribution in [0.25, 0.3) is 22.3 Å². The summed E-state index contributed by atoms with van der Waals surface area (Å²) in [7, 11) is 0. The van der Waals surface area contributed by atoms with Gasteiger partial charge in [-0.1, -0.05) is 29.8 Å². The molecule has 0 saturated carbocycles. The number of carbonyl (C=O) groups excluding carboxylic acids is 2. The second-order valence-electron chi connectivity index (χ2n) is 10.6. The van der Waals surface area contributed by atoms with Crippen LogP contribution in [0.1, 0.15) is 50.2 Å². The number of aromatic amines is 1. The van der Waals surface area contributed by atoms with Gasteiger partial charge in [0.15, 0.2) is 0 Å². The van der Waals surface area contributed by atoms with Crippen molar-refractivity contribution in [3.8, 4) is 11.4 Å². The molecule has 236 valence electrons. The van der Waals surface area contributed by atoms with Gasteiger partial charge >= 0.3 is 5.97 Å². The lowest BCUT2D eigenvalue weighted by atomic mass is 10.0. The van der Waals surface area contributed by atoms with Crippen LogP contribution in [0.2, 0.25) is 0 Å². The van der Waals surface area contributed by atoms with Crippen molar-refractivity contribution in [1.29, 1.82) is 0 Å². The number of carboxylic acids is 1. The fourth-order valence-electron chi connectivity index (χ4n) is 4.99. The topological polar surface area (TPSA) is 228 Å². The third-order valence-electron chi connectivity index (χ3n) is 7.39. The maximum atomic E-state index is 15.1. The molecule has 0 saturated heterocycles. The average Bonchev–Trinajstić information content (AvgIpc) is 3.57. The van der Waals surface area contributed by atoms with Gasteiger partial charge in [-0.15, -0.1) is 10.2 Å². The molecule has 5 rings (SSSR count). The van der Waals surface area contributed by atoms with Gasteiger partial charge in [0.25, 0.3) is 11.8 Å². The highest BCUT2D eigenvalue weighted by Gasteiger charge is 2.21. The van der Waals surface area contributed by atoms with Crippen molar-refractivity contribution in [1.82, 2.24) is 41.2 Å². The Balaban J connectivity index is 1.13. The Morgan fingerprint density at radius 1 is 1.00 bits per heavy atom. The van der Waals surface area contributed by atoms with Gasteiger partial charge in [0, 0.05) is 17.7 Å². The number of nitrogens with one attached hydrogen (secondary N) is 3. The molecular formula is C31H31FN10O4. The number of aliphatic carboxylic acids is 1. The van der Waals surface area contributed by atoms with Crippen molar-refractivity contribution in [3.05, 3.63) is 88.2 Å². The third kappa shape index (κ3) is 7.20. The largest absolute Gasteiger partial charge is 0.480 e. The van der Waals surface area contributed by atoms with E-state index in [4.69, 9.17) is 11.5 Å². The summed E-state index contributed by atoms with van der Waals surface area (Å²) in [4.78, 5) is 45.4. The van der Waals surface area contributed by atoms with Crippen molar-refractivity contribution in [2.45, 2.75) is 38.6 Å². The lowest BCUT2D eigenvalue weighted by molar-refractivity contribution is -0.139.